The molecule has 2 unspecified atom stereocenters. The monoisotopic (exact) mass is 206 g/mol. The molecular formula is C10H19FO3. The Hall–Kier alpha value is -0.640. The Balaban J connectivity index is 3.74. The molecular weight excluding hydrogens is 187 g/mol. The number of halogens is 1. The summed E-state index contributed by atoms with van der Waals surface area (Å²) in [6.45, 7) is 3.76. The molecule has 0 aliphatic rings. The third-order valence-electron chi connectivity index (χ3n) is 1.95. The topological polar surface area (TPSA) is 46.5 Å². The minimum atomic E-state index is -1.90. The van der Waals surface area contributed by atoms with Crippen LogP contribution in [0.3, 0.4) is 0 Å². The summed E-state index contributed by atoms with van der Waals surface area (Å²) in [7, 11) is 0. The second kappa shape index (κ2) is 7.74. The van der Waals surface area contributed by atoms with E-state index in [1.807, 2.05) is 6.92 Å². The minimum absolute atomic E-state index is 0.140. The van der Waals surface area contributed by atoms with Crippen molar-refractivity contribution >= 4 is 5.97 Å². The van der Waals surface area contributed by atoms with Crippen molar-refractivity contribution in [1.29, 1.82) is 0 Å². The van der Waals surface area contributed by atoms with Gasteiger partial charge in [-0.25, -0.2) is 9.18 Å². The summed E-state index contributed by atoms with van der Waals surface area (Å²) in [5.41, 5.74) is 0. The fraction of sp³-hybridized carbons (Fsp3) is 0.900. The molecule has 2 atom stereocenters. The Bertz CT molecular complexity index is 161. The van der Waals surface area contributed by atoms with E-state index in [4.69, 9.17) is 0 Å². The molecule has 0 aromatic heterocycles. The summed E-state index contributed by atoms with van der Waals surface area (Å²) < 4.78 is 17.5. The largest absolute Gasteiger partial charge is 0.464 e. The smallest absolute Gasteiger partial charge is 0.343 e. The SMILES string of the molecule is CCCCCC(O)C(F)C(=O)OCC. The van der Waals surface area contributed by atoms with Crippen molar-refractivity contribution in [3.05, 3.63) is 0 Å². The second-order valence-corrected chi connectivity index (χ2v) is 3.22. The van der Waals surface area contributed by atoms with E-state index in [0.29, 0.717) is 6.42 Å². The minimum Gasteiger partial charge on any atom is -0.464 e. The molecule has 0 rings (SSSR count). The normalized spacial score (nSPS) is 14.9. The third kappa shape index (κ3) is 5.17. The number of aliphatic hydroxyl groups is 1. The molecule has 3 nitrogen and oxygen atoms in total. The van der Waals surface area contributed by atoms with Gasteiger partial charge >= 0.3 is 5.97 Å². The molecule has 0 saturated heterocycles. The van der Waals surface area contributed by atoms with Gasteiger partial charge in [-0.3, -0.25) is 0 Å². The number of esters is 1. The number of unbranched alkanes of at least 4 members (excludes halogenated alkanes) is 2. The first-order valence-electron chi connectivity index (χ1n) is 5.12. The predicted molar refractivity (Wildman–Crippen MR) is 51.7 cm³/mol. The quantitative estimate of drug-likeness (QED) is 0.510. The van der Waals surface area contributed by atoms with Crippen molar-refractivity contribution in [2.45, 2.75) is 51.8 Å². The third-order valence-corrected chi connectivity index (χ3v) is 1.95. The van der Waals surface area contributed by atoms with E-state index in [0.717, 1.165) is 19.3 Å². The zero-order valence-electron chi connectivity index (χ0n) is 8.83. The molecule has 0 aromatic carbocycles. The van der Waals surface area contributed by atoms with Gasteiger partial charge in [0.05, 0.1) is 12.7 Å². The fourth-order valence-electron chi connectivity index (χ4n) is 1.13. The van der Waals surface area contributed by atoms with Crippen LogP contribution in [0.1, 0.15) is 39.5 Å². The molecule has 84 valence electrons. The Labute approximate surface area is 84.3 Å². The van der Waals surface area contributed by atoms with Crippen LogP contribution in [0.5, 0.6) is 0 Å². The first-order chi connectivity index (χ1) is 6.63. The van der Waals surface area contributed by atoms with Crippen LogP contribution in [0.4, 0.5) is 4.39 Å². The lowest BCUT2D eigenvalue weighted by molar-refractivity contribution is -0.153. The molecule has 4 heteroatoms. The molecule has 1 N–H and O–H groups in total. The number of rotatable bonds is 7. The Morgan fingerprint density at radius 1 is 1.43 bits per heavy atom. The lowest BCUT2D eigenvalue weighted by atomic mass is 10.1. The molecule has 0 fully saturated rings. The lowest BCUT2D eigenvalue weighted by Crippen LogP contribution is -2.31. The highest BCUT2D eigenvalue weighted by atomic mass is 19.1. The number of carbonyl (C=O) groups is 1. The highest BCUT2D eigenvalue weighted by Crippen LogP contribution is 2.10. The molecule has 0 aromatic rings. The van der Waals surface area contributed by atoms with Gasteiger partial charge in [0.25, 0.3) is 0 Å². The van der Waals surface area contributed by atoms with Crippen LogP contribution in [-0.4, -0.2) is 30.0 Å². The van der Waals surface area contributed by atoms with Crippen LogP contribution >= 0.6 is 0 Å². The zero-order valence-corrected chi connectivity index (χ0v) is 8.83. The maximum Gasteiger partial charge on any atom is 0.343 e. The van der Waals surface area contributed by atoms with E-state index in [1.165, 1.54) is 0 Å². The molecule has 0 aliphatic heterocycles. The van der Waals surface area contributed by atoms with Crippen LogP contribution in [0.25, 0.3) is 0 Å². The summed E-state index contributed by atoms with van der Waals surface area (Å²) >= 11 is 0. The Morgan fingerprint density at radius 3 is 2.57 bits per heavy atom. The van der Waals surface area contributed by atoms with Crippen LogP contribution in [0.15, 0.2) is 0 Å². The summed E-state index contributed by atoms with van der Waals surface area (Å²) in [6, 6.07) is 0. The summed E-state index contributed by atoms with van der Waals surface area (Å²) in [6.07, 6.45) is -0.131. The fourth-order valence-corrected chi connectivity index (χ4v) is 1.13. The van der Waals surface area contributed by atoms with E-state index in [2.05, 4.69) is 4.74 Å². The van der Waals surface area contributed by atoms with Gasteiger partial charge in [0.1, 0.15) is 0 Å². The van der Waals surface area contributed by atoms with Crippen molar-refractivity contribution in [3.63, 3.8) is 0 Å². The number of hydrogen-bond acceptors (Lipinski definition) is 3. The van der Waals surface area contributed by atoms with E-state index in [1.54, 1.807) is 6.92 Å². The van der Waals surface area contributed by atoms with E-state index in [-0.39, 0.29) is 6.61 Å². The van der Waals surface area contributed by atoms with Crippen LogP contribution in [-0.2, 0) is 9.53 Å². The van der Waals surface area contributed by atoms with Gasteiger partial charge in [-0.15, -0.1) is 0 Å². The zero-order chi connectivity index (χ0) is 11.0. The first-order valence-corrected chi connectivity index (χ1v) is 5.12. The molecule has 0 radical (unpaired) electrons. The molecule has 0 aliphatic carbocycles. The molecule has 0 bridgehead atoms. The summed E-state index contributed by atoms with van der Waals surface area (Å²) in [5, 5.41) is 9.27. The number of aliphatic hydroxyl groups excluding tert-OH is 1. The summed E-state index contributed by atoms with van der Waals surface area (Å²) in [5.74, 6) is -0.962. The van der Waals surface area contributed by atoms with Gasteiger partial charge in [0.2, 0.25) is 6.17 Å². The molecule has 0 saturated carbocycles. The number of alkyl halides is 1. The molecule has 14 heavy (non-hydrogen) atoms. The Kier molecular flexibility index (Phi) is 7.38. The van der Waals surface area contributed by atoms with E-state index < -0.39 is 18.2 Å². The van der Waals surface area contributed by atoms with Gasteiger partial charge < -0.3 is 9.84 Å². The predicted octanol–water partition coefficient (Wildman–Crippen LogP) is 1.83. The maximum absolute atomic E-state index is 13.1. The van der Waals surface area contributed by atoms with Crippen molar-refractivity contribution in [2.75, 3.05) is 6.61 Å². The van der Waals surface area contributed by atoms with Gasteiger partial charge in [-0.05, 0) is 13.3 Å². The van der Waals surface area contributed by atoms with Gasteiger partial charge in [0, 0.05) is 0 Å². The van der Waals surface area contributed by atoms with Crippen molar-refractivity contribution in [1.82, 2.24) is 0 Å². The Morgan fingerprint density at radius 2 is 2.07 bits per heavy atom. The van der Waals surface area contributed by atoms with Gasteiger partial charge in [0.15, 0.2) is 0 Å². The van der Waals surface area contributed by atoms with Gasteiger partial charge in [-0.2, -0.15) is 0 Å². The summed E-state index contributed by atoms with van der Waals surface area (Å²) in [4.78, 5) is 10.9. The molecule has 0 amide bonds. The first kappa shape index (κ1) is 13.4. The average molecular weight is 206 g/mol. The standard InChI is InChI=1S/C10H19FO3/c1-3-5-6-7-8(12)9(11)10(13)14-4-2/h8-9,12H,3-7H2,1-2H3. The van der Waals surface area contributed by atoms with Crippen LogP contribution < -0.4 is 0 Å². The average Bonchev–Trinajstić information content (AvgIpc) is 2.17. The second-order valence-electron chi connectivity index (χ2n) is 3.22. The highest BCUT2D eigenvalue weighted by Gasteiger charge is 2.26. The maximum atomic E-state index is 13.1. The molecule has 0 spiro atoms. The number of ether oxygens (including phenoxy) is 1. The van der Waals surface area contributed by atoms with Crippen molar-refractivity contribution < 1.29 is 19.0 Å². The highest BCUT2D eigenvalue weighted by molar-refractivity contribution is 5.75. The number of carbonyl (C=O) groups excluding carboxylic acids is 1. The van der Waals surface area contributed by atoms with E-state index in [9.17, 15) is 14.3 Å². The van der Waals surface area contributed by atoms with Crippen LogP contribution in [0.2, 0.25) is 0 Å². The van der Waals surface area contributed by atoms with Gasteiger partial charge in [-0.1, -0.05) is 26.2 Å². The van der Waals surface area contributed by atoms with Crippen molar-refractivity contribution in [3.8, 4) is 0 Å². The van der Waals surface area contributed by atoms with Crippen LogP contribution in [0, 0.1) is 0 Å². The number of hydrogen-bond donors (Lipinski definition) is 1. The molecule has 0 heterocycles. The van der Waals surface area contributed by atoms with E-state index >= 15 is 0 Å². The van der Waals surface area contributed by atoms with Crippen molar-refractivity contribution in [2.24, 2.45) is 0 Å². The lowest BCUT2D eigenvalue weighted by Gasteiger charge is -2.13.